The molecule has 3 rings (SSSR count). The van der Waals surface area contributed by atoms with Crippen LogP contribution in [-0.4, -0.2) is 30.9 Å². The molecule has 0 aliphatic carbocycles. The summed E-state index contributed by atoms with van der Waals surface area (Å²) in [6.45, 7) is 2.62. The van der Waals surface area contributed by atoms with Gasteiger partial charge in [0.05, 0.1) is 11.5 Å². The largest absolute Gasteiger partial charge is 0.493 e. The number of ether oxygens (including phenoxy) is 1. The van der Waals surface area contributed by atoms with Gasteiger partial charge in [0, 0.05) is 29.7 Å². The summed E-state index contributed by atoms with van der Waals surface area (Å²) in [6, 6.07) is 14.8. The van der Waals surface area contributed by atoms with Gasteiger partial charge in [-0.05, 0) is 48.9 Å². The van der Waals surface area contributed by atoms with Crippen LogP contribution in [0.15, 0.2) is 78.0 Å². The van der Waals surface area contributed by atoms with Gasteiger partial charge in [0.2, 0.25) is 11.9 Å². The van der Waals surface area contributed by atoms with Crippen LogP contribution in [0.5, 0.6) is 5.75 Å². The molecule has 1 heterocycles. The SMILES string of the molecule is CCCOc1ccccc1C=CC(=O)Nc1ccc(S(=O)(=O)Nc2ncccn2)cc1. The lowest BCUT2D eigenvalue weighted by molar-refractivity contribution is -0.111. The summed E-state index contributed by atoms with van der Waals surface area (Å²) in [5, 5.41) is 2.70. The molecule has 8 nitrogen and oxygen atoms in total. The molecule has 9 heteroatoms. The lowest BCUT2D eigenvalue weighted by Gasteiger charge is -2.08. The molecular formula is C22H22N4O4S. The molecule has 0 spiro atoms. The van der Waals surface area contributed by atoms with Crippen molar-refractivity contribution in [1.82, 2.24) is 9.97 Å². The Bertz CT molecular complexity index is 1150. The standard InChI is InChI=1S/C22H22N4O4S/c1-2-16-30-20-7-4-3-6-17(20)8-13-21(27)25-18-9-11-19(12-10-18)31(28,29)26-22-23-14-5-15-24-22/h3-15H,2,16H2,1H3,(H,25,27)(H,23,24,26). The second-order valence-corrected chi connectivity index (χ2v) is 8.09. The summed E-state index contributed by atoms with van der Waals surface area (Å²) in [7, 11) is -3.83. The summed E-state index contributed by atoms with van der Waals surface area (Å²) >= 11 is 0. The Morgan fingerprint density at radius 2 is 1.74 bits per heavy atom. The Morgan fingerprint density at radius 1 is 1.03 bits per heavy atom. The Labute approximate surface area is 181 Å². The molecule has 31 heavy (non-hydrogen) atoms. The van der Waals surface area contributed by atoms with Gasteiger partial charge in [-0.3, -0.25) is 4.79 Å². The Balaban J connectivity index is 1.63. The second kappa shape index (κ2) is 10.4. The number of benzene rings is 2. The number of para-hydroxylation sites is 1. The molecule has 1 aromatic heterocycles. The zero-order valence-electron chi connectivity index (χ0n) is 16.9. The minimum atomic E-state index is -3.83. The number of amides is 1. The van der Waals surface area contributed by atoms with Crippen LogP contribution in [0, 0.1) is 0 Å². The second-order valence-electron chi connectivity index (χ2n) is 6.41. The highest BCUT2D eigenvalue weighted by molar-refractivity contribution is 7.92. The maximum Gasteiger partial charge on any atom is 0.264 e. The average molecular weight is 439 g/mol. The molecule has 0 unspecified atom stereocenters. The number of nitrogens with zero attached hydrogens (tertiary/aromatic N) is 2. The number of sulfonamides is 1. The van der Waals surface area contributed by atoms with Crippen LogP contribution in [0.25, 0.3) is 6.08 Å². The van der Waals surface area contributed by atoms with Crippen molar-refractivity contribution >= 4 is 33.6 Å². The molecule has 1 amide bonds. The number of hydrogen-bond acceptors (Lipinski definition) is 6. The van der Waals surface area contributed by atoms with Gasteiger partial charge in [-0.2, -0.15) is 0 Å². The number of aromatic nitrogens is 2. The minimum absolute atomic E-state index is 0.0202. The molecule has 0 atom stereocenters. The summed E-state index contributed by atoms with van der Waals surface area (Å²) in [4.78, 5) is 20.0. The summed E-state index contributed by atoms with van der Waals surface area (Å²) < 4.78 is 32.8. The van der Waals surface area contributed by atoms with Crippen LogP contribution in [0.1, 0.15) is 18.9 Å². The summed E-state index contributed by atoms with van der Waals surface area (Å²) in [5.41, 5.74) is 1.25. The van der Waals surface area contributed by atoms with E-state index >= 15 is 0 Å². The molecule has 2 N–H and O–H groups in total. The Kier molecular flexibility index (Phi) is 7.34. The van der Waals surface area contributed by atoms with Crippen LogP contribution in [-0.2, 0) is 14.8 Å². The fourth-order valence-corrected chi connectivity index (χ4v) is 3.52. The van der Waals surface area contributed by atoms with Gasteiger partial charge in [-0.1, -0.05) is 25.1 Å². The third-order valence-corrected chi connectivity index (χ3v) is 5.36. The zero-order chi connectivity index (χ0) is 22.1. The van der Waals surface area contributed by atoms with E-state index in [0.717, 1.165) is 12.0 Å². The molecule has 0 bridgehead atoms. The number of nitrogens with one attached hydrogen (secondary N) is 2. The normalized spacial score (nSPS) is 11.3. The number of hydrogen-bond donors (Lipinski definition) is 2. The number of rotatable bonds is 9. The van der Waals surface area contributed by atoms with Gasteiger partial charge in [-0.25, -0.2) is 23.1 Å². The topological polar surface area (TPSA) is 110 Å². The first-order valence-electron chi connectivity index (χ1n) is 9.59. The maximum absolute atomic E-state index is 12.4. The summed E-state index contributed by atoms with van der Waals surface area (Å²) in [5.74, 6) is 0.336. The van der Waals surface area contributed by atoms with E-state index in [4.69, 9.17) is 4.74 Å². The van der Waals surface area contributed by atoms with Crippen molar-refractivity contribution in [2.45, 2.75) is 18.2 Å². The molecule has 0 aliphatic heterocycles. The molecule has 160 valence electrons. The molecule has 0 fully saturated rings. The quantitative estimate of drug-likeness (QED) is 0.493. The van der Waals surface area contributed by atoms with Gasteiger partial charge >= 0.3 is 0 Å². The van der Waals surface area contributed by atoms with Crippen molar-refractivity contribution in [3.8, 4) is 5.75 Å². The Morgan fingerprint density at radius 3 is 2.45 bits per heavy atom. The first-order valence-corrected chi connectivity index (χ1v) is 11.1. The van der Waals surface area contributed by atoms with E-state index in [1.54, 1.807) is 12.1 Å². The fraction of sp³-hybridized carbons (Fsp3) is 0.136. The highest BCUT2D eigenvalue weighted by atomic mass is 32.2. The number of anilines is 2. The van der Waals surface area contributed by atoms with Crippen LogP contribution in [0.3, 0.4) is 0 Å². The molecule has 0 radical (unpaired) electrons. The highest BCUT2D eigenvalue weighted by Gasteiger charge is 2.15. The zero-order valence-corrected chi connectivity index (χ0v) is 17.7. The van der Waals surface area contributed by atoms with E-state index in [0.29, 0.717) is 18.0 Å². The predicted molar refractivity (Wildman–Crippen MR) is 119 cm³/mol. The molecule has 2 aromatic carbocycles. The fourth-order valence-electron chi connectivity index (χ4n) is 2.56. The maximum atomic E-state index is 12.4. The van der Waals surface area contributed by atoms with E-state index in [-0.39, 0.29) is 16.8 Å². The van der Waals surface area contributed by atoms with Gasteiger partial charge in [0.25, 0.3) is 10.0 Å². The lowest BCUT2D eigenvalue weighted by atomic mass is 10.2. The predicted octanol–water partition coefficient (Wildman–Crippen LogP) is 3.72. The lowest BCUT2D eigenvalue weighted by Crippen LogP contribution is -2.15. The molecular weight excluding hydrogens is 416 g/mol. The van der Waals surface area contributed by atoms with Crippen LogP contribution in [0.2, 0.25) is 0 Å². The number of carbonyl (C=O) groups excluding carboxylic acids is 1. The number of carbonyl (C=O) groups is 1. The Hall–Kier alpha value is -3.72. The molecule has 0 saturated carbocycles. The van der Waals surface area contributed by atoms with Crippen molar-refractivity contribution in [2.75, 3.05) is 16.6 Å². The highest BCUT2D eigenvalue weighted by Crippen LogP contribution is 2.20. The molecule has 0 saturated heterocycles. The average Bonchev–Trinajstić information content (AvgIpc) is 2.77. The van der Waals surface area contributed by atoms with E-state index < -0.39 is 10.0 Å². The third kappa shape index (κ3) is 6.38. The van der Waals surface area contributed by atoms with Crippen LogP contribution >= 0.6 is 0 Å². The third-order valence-electron chi connectivity index (χ3n) is 4.02. The van der Waals surface area contributed by atoms with Crippen LogP contribution in [0.4, 0.5) is 11.6 Å². The first kappa shape index (κ1) is 22.0. The van der Waals surface area contributed by atoms with E-state index in [1.165, 1.54) is 42.7 Å². The van der Waals surface area contributed by atoms with Gasteiger partial charge in [0.15, 0.2) is 0 Å². The minimum Gasteiger partial charge on any atom is -0.493 e. The molecule has 3 aromatic rings. The van der Waals surface area contributed by atoms with Crippen molar-refractivity contribution in [1.29, 1.82) is 0 Å². The van der Waals surface area contributed by atoms with Crippen molar-refractivity contribution in [2.24, 2.45) is 0 Å². The van der Waals surface area contributed by atoms with E-state index in [1.807, 2.05) is 31.2 Å². The van der Waals surface area contributed by atoms with Gasteiger partial charge < -0.3 is 10.1 Å². The molecule has 0 aliphatic rings. The van der Waals surface area contributed by atoms with E-state index in [9.17, 15) is 13.2 Å². The smallest absolute Gasteiger partial charge is 0.264 e. The van der Waals surface area contributed by atoms with Crippen molar-refractivity contribution < 1.29 is 17.9 Å². The summed E-state index contributed by atoms with van der Waals surface area (Å²) in [6.07, 6.45) is 6.82. The van der Waals surface area contributed by atoms with Crippen molar-refractivity contribution in [3.05, 3.63) is 78.6 Å². The van der Waals surface area contributed by atoms with Gasteiger partial charge in [-0.15, -0.1) is 0 Å². The monoisotopic (exact) mass is 438 g/mol. The van der Waals surface area contributed by atoms with Gasteiger partial charge in [0.1, 0.15) is 5.75 Å². The first-order chi connectivity index (χ1) is 15.0. The van der Waals surface area contributed by atoms with Crippen molar-refractivity contribution in [3.63, 3.8) is 0 Å². The van der Waals surface area contributed by atoms with Crippen LogP contribution < -0.4 is 14.8 Å². The van der Waals surface area contributed by atoms with E-state index in [2.05, 4.69) is 20.0 Å².